The average molecular weight is 667 g/mol. The third-order valence-corrected chi connectivity index (χ3v) is 9.73. The van der Waals surface area contributed by atoms with Gasteiger partial charge in [0.2, 0.25) is 0 Å². The summed E-state index contributed by atoms with van der Waals surface area (Å²) in [7, 11) is 0. The maximum atomic E-state index is 14.3. The number of anilines is 2. The third kappa shape index (κ3) is 7.23. The molecule has 0 saturated carbocycles. The van der Waals surface area contributed by atoms with E-state index in [1.165, 1.54) is 11.8 Å². The number of aromatic nitrogens is 3. The number of piperidine rings is 1. The normalized spacial score (nSPS) is 22.2. The molecule has 2 aromatic rings. The number of amides is 1. The molecule has 2 aromatic heterocycles. The van der Waals surface area contributed by atoms with Gasteiger partial charge in [-0.2, -0.15) is 0 Å². The Kier molecular flexibility index (Phi) is 9.69. The Balaban J connectivity index is 1.32. The summed E-state index contributed by atoms with van der Waals surface area (Å²) in [5.74, 6) is 0.238. The minimum absolute atomic E-state index is 0.00812. The van der Waals surface area contributed by atoms with Crippen LogP contribution in [0.4, 0.5) is 20.8 Å². The van der Waals surface area contributed by atoms with Gasteiger partial charge in [-0.3, -0.25) is 0 Å². The van der Waals surface area contributed by atoms with E-state index in [0.29, 0.717) is 59.1 Å². The van der Waals surface area contributed by atoms with Gasteiger partial charge in [-0.25, -0.2) is 28.9 Å². The topological polar surface area (TPSA) is 139 Å². The Bertz CT molecular complexity index is 1420. The second kappa shape index (κ2) is 13.0. The summed E-state index contributed by atoms with van der Waals surface area (Å²) in [6.07, 6.45) is 3.89. The lowest BCUT2D eigenvalue weighted by Crippen LogP contribution is -2.61. The van der Waals surface area contributed by atoms with Gasteiger partial charge < -0.3 is 34.4 Å². The molecule has 45 heavy (non-hydrogen) atoms. The molecule has 2 atom stereocenters. The lowest BCUT2D eigenvalue weighted by atomic mass is 9.73. The maximum absolute atomic E-state index is 14.3. The number of halogens is 2. The molecule has 0 aromatic carbocycles. The molecule has 1 amide bonds. The van der Waals surface area contributed by atoms with Crippen molar-refractivity contribution in [3.8, 4) is 0 Å². The van der Waals surface area contributed by atoms with Crippen LogP contribution in [-0.2, 0) is 14.2 Å². The van der Waals surface area contributed by atoms with Crippen molar-refractivity contribution in [2.75, 3.05) is 55.8 Å². The van der Waals surface area contributed by atoms with Crippen LogP contribution in [0.25, 0.3) is 0 Å². The van der Waals surface area contributed by atoms with Crippen LogP contribution < -0.4 is 15.1 Å². The molecule has 3 aliphatic heterocycles. The van der Waals surface area contributed by atoms with Crippen LogP contribution in [0.15, 0.2) is 28.4 Å². The largest absolute Gasteiger partial charge is 0.461 e. The zero-order chi connectivity index (χ0) is 32.6. The number of alkyl halides is 1. The Morgan fingerprint density at radius 1 is 1.22 bits per heavy atom. The van der Waals surface area contributed by atoms with Crippen molar-refractivity contribution < 1.29 is 33.3 Å². The molecule has 3 fully saturated rings. The minimum atomic E-state index is -1.67. The molecule has 0 bridgehead atoms. The monoisotopic (exact) mass is 666 g/mol. The van der Waals surface area contributed by atoms with Crippen molar-refractivity contribution in [2.45, 2.75) is 80.8 Å². The van der Waals surface area contributed by atoms with Crippen LogP contribution in [0.5, 0.6) is 0 Å². The molecule has 0 aliphatic carbocycles. The number of aliphatic hydroxyl groups is 1. The molecule has 0 unspecified atom stereocenters. The molecule has 0 radical (unpaired) electrons. The molecule has 5 rings (SSSR count). The number of carbonyl (C=O) groups excluding carboxylic acids is 2. The smallest absolute Gasteiger partial charge is 0.407 e. The lowest BCUT2D eigenvalue weighted by Gasteiger charge is -2.44. The average Bonchev–Trinajstić information content (AvgIpc) is 3.26. The lowest BCUT2D eigenvalue weighted by molar-refractivity contribution is 0.0431. The molecule has 12 nitrogen and oxygen atoms in total. The molecule has 2 N–H and O–H groups in total. The van der Waals surface area contributed by atoms with Gasteiger partial charge in [0.1, 0.15) is 16.4 Å². The van der Waals surface area contributed by atoms with E-state index in [0.717, 1.165) is 0 Å². The fourth-order valence-electron chi connectivity index (χ4n) is 6.00. The Labute approximate surface area is 271 Å². The number of aliphatic hydroxyl groups excluding tert-OH is 1. The van der Waals surface area contributed by atoms with Gasteiger partial charge in [0, 0.05) is 29.6 Å². The standard InChI is InChI=1S/C30H40ClFN6O6S/c1-6-42-26(40)22-25(37-11-8-29(9-12-37)17-43-18(2)23(29)36-27(41)44-28(3,4)5)34-13-20(35-22)45-19-7-10-33-24(21(19)31)38-14-30(32,15-38)16-39/h7,10,13,18,23,39H,6,8-9,11-12,14-17H2,1-5H3,(H,36,41)/t18-,23+/m0/s1. The number of hydrogen-bond donors (Lipinski definition) is 2. The maximum Gasteiger partial charge on any atom is 0.407 e. The first-order valence-electron chi connectivity index (χ1n) is 15.0. The SMILES string of the molecule is CCOC(=O)c1nc(Sc2ccnc(N3CC(F)(CO)C3)c2Cl)cnc1N1CCC2(CC1)CO[C@@H](C)[C@H]2NC(=O)OC(C)(C)C. The van der Waals surface area contributed by atoms with Crippen LogP contribution >= 0.6 is 23.4 Å². The number of nitrogens with zero attached hydrogens (tertiary/aromatic N) is 5. The fourth-order valence-corrected chi connectivity index (χ4v) is 7.13. The van der Waals surface area contributed by atoms with Crippen molar-refractivity contribution in [1.82, 2.24) is 20.3 Å². The summed E-state index contributed by atoms with van der Waals surface area (Å²) in [4.78, 5) is 43.6. The van der Waals surface area contributed by atoms with Gasteiger partial charge >= 0.3 is 12.1 Å². The molecule has 3 saturated heterocycles. The quantitative estimate of drug-likeness (QED) is 0.389. The van der Waals surface area contributed by atoms with Crippen molar-refractivity contribution in [3.05, 3.63) is 29.2 Å². The summed E-state index contributed by atoms with van der Waals surface area (Å²) >= 11 is 7.86. The van der Waals surface area contributed by atoms with Gasteiger partial charge in [-0.1, -0.05) is 23.4 Å². The van der Waals surface area contributed by atoms with E-state index < -0.39 is 29.9 Å². The zero-order valence-electron chi connectivity index (χ0n) is 26.1. The number of alkyl carbamates (subject to hydrolysis) is 1. The number of carbonyl (C=O) groups is 2. The van der Waals surface area contributed by atoms with E-state index in [4.69, 9.17) is 25.8 Å². The van der Waals surface area contributed by atoms with Gasteiger partial charge in [0.25, 0.3) is 0 Å². The van der Waals surface area contributed by atoms with Gasteiger partial charge in [0.15, 0.2) is 17.2 Å². The minimum Gasteiger partial charge on any atom is -0.461 e. The summed E-state index contributed by atoms with van der Waals surface area (Å²) in [6, 6.07) is 1.49. The van der Waals surface area contributed by atoms with E-state index in [1.807, 2.05) is 32.6 Å². The molecule has 246 valence electrons. The summed E-state index contributed by atoms with van der Waals surface area (Å²) in [5, 5.41) is 13.0. The highest BCUT2D eigenvalue weighted by atomic mass is 35.5. The zero-order valence-corrected chi connectivity index (χ0v) is 27.7. The van der Waals surface area contributed by atoms with E-state index in [9.17, 15) is 19.1 Å². The van der Waals surface area contributed by atoms with E-state index >= 15 is 0 Å². The molecule has 5 heterocycles. The summed E-state index contributed by atoms with van der Waals surface area (Å²) in [5.41, 5.74) is -2.48. The highest BCUT2D eigenvalue weighted by Crippen LogP contribution is 2.44. The molecule has 15 heteroatoms. The Hall–Kier alpha value is -2.94. The first kappa shape index (κ1) is 33.4. The van der Waals surface area contributed by atoms with Crippen LogP contribution in [0.1, 0.15) is 57.9 Å². The molecular formula is C30H40ClFN6O6S. The Morgan fingerprint density at radius 3 is 2.58 bits per heavy atom. The van der Waals surface area contributed by atoms with E-state index in [2.05, 4.69) is 20.3 Å². The molecular weight excluding hydrogens is 627 g/mol. The first-order chi connectivity index (χ1) is 21.3. The van der Waals surface area contributed by atoms with Gasteiger partial charge in [0.05, 0.1) is 56.3 Å². The van der Waals surface area contributed by atoms with Crippen LogP contribution in [0.3, 0.4) is 0 Å². The van der Waals surface area contributed by atoms with Crippen molar-refractivity contribution in [2.24, 2.45) is 5.41 Å². The highest BCUT2D eigenvalue weighted by molar-refractivity contribution is 7.99. The third-order valence-electron chi connectivity index (χ3n) is 8.27. The first-order valence-corrected chi connectivity index (χ1v) is 16.2. The van der Waals surface area contributed by atoms with Crippen molar-refractivity contribution in [3.63, 3.8) is 0 Å². The van der Waals surface area contributed by atoms with Crippen molar-refractivity contribution in [1.29, 1.82) is 0 Å². The van der Waals surface area contributed by atoms with Crippen LogP contribution in [0.2, 0.25) is 5.02 Å². The van der Waals surface area contributed by atoms with E-state index in [-0.39, 0.29) is 43.0 Å². The molecule has 1 spiro atoms. The number of ether oxygens (including phenoxy) is 3. The van der Waals surface area contributed by atoms with Gasteiger partial charge in [-0.05, 0) is 53.5 Å². The predicted octanol–water partition coefficient (Wildman–Crippen LogP) is 4.27. The fraction of sp³-hybridized carbons (Fsp3) is 0.633. The Morgan fingerprint density at radius 2 is 1.93 bits per heavy atom. The number of pyridine rings is 1. The summed E-state index contributed by atoms with van der Waals surface area (Å²) < 4.78 is 31.2. The highest BCUT2D eigenvalue weighted by Gasteiger charge is 2.51. The number of nitrogens with one attached hydrogen (secondary N) is 1. The predicted molar refractivity (Wildman–Crippen MR) is 167 cm³/mol. The van der Waals surface area contributed by atoms with Crippen LogP contribution in [0, 0.1) is 5.41 Å². The van der Waals surface area contributed by atoms with Crippen molar-refractivity contribution >= 4 is 47.1 Å². The number of esters is 1. The molecule has 3 aliphatic rings. The number of hydrogen-bond acceptors (Lipinski definition) is 12. The number of rotatable bonds is 8. The second-order valence-corrected chi connectivity index (χ2v) is 14.2. The second-order valence-electron chi connectivity index (χ2n) is 12.8. The van der Waals surface area contributed by atoms with Crippen LogP contribution in [-0.4, -0.2) is 102 Å². The summed E-state index contributed by atoms with van der Waals surface area (Å²) in [6.45, 7) is 10.4. The van der Waals surface area contributed by atoms with E-state index in [1.54, 1.807) is 30.3 Å². The van der Waals surface area contributed by atoms with Gasteiger partial charge in [-0.15, -0.1) is 0 Å².